The van der Waals surface area contributed by atoms with Gasteiger partial charge in [-0.1, -0.05) is 99.7 Å². The van der Waals surface area contributed by atoms with Crippen molar-refractivity contribution >= 4 is 25.3 Å². The van der Waals surface area contributed by atoms with Crippen LogP contribution in [0.3, 0.4) is 0 Å². The molecule has 150 valence electrons. The molecule has 0 N–H and O–H groups in total. The van der Waals surface area contributed by atoms with Crippen LogP contribution < -0.4 is 0 Å². The Balaban J connectivity index is 0.000000380. The van der Waals surface area contributed by atoms with Crippen LogP contribution in [0.1, 0.15) is 77.0 Å². The van der Waals surface area contributed by atoms with Gasteiger partial charge in [0, 0.05) is 19.5 Å². The summed E-state index contributed by atoms with van der Waals surface area (Å²) in [7, 11) is 0. The van der Waals surface area contributed by atoms with Crippen molar-refractivity contribution in [2.45, 2.75) is 89.1 Å². The summed E-state index contributed by atoms with van der Waals surface area (Å²) >= 11 is 7.40. The van der Waals surface area contributed by atoms with E-state index in [-0.39, 0.29) is 19.5 Å². The van der Waals surface area contributed by atoms with Crippen LogP contribution >= 0.6 is 0 Å². The monoisotopic (exact) mass is 456 g/mol. The Morgan fingerprint density at radius 3 is 1.22 bits per heavy atom. The van der Waals surface area contributed by atoms with Gasteiger partial charge in [-0.2, -0.15) is 0 Å². The molecule has 4 aliphatic rings. The molecule has 0 aromatic rings. The molecule has 4 unspecified atom stereocenters. The molecular formula is C20H32N4S2Zn-4. The Kier molecular flexibility index (Phi) is 18.0. The van der Waals surface area contributed by atoms with Crippen LogP contribution in [0.25, 0.3) is 10.6 Å². The van der Waals surface area contributed by atoms with Crippen molar-refractivity contribution in [1.29, 1.82) is 10.5 Å². The van der Waals surface area contributed by atoms with Crippen LogP contribution in [0.5, 0.6) is 0 Å². The van der Waals surface area contributed by atoms with Crippen LogP contribution in [0.4, 0.5) is 0 Å². The fourth-order valence-corrected chi connectivity index (χ4v) is 4.75. The Hall–Kier alpha value is -0.0366. The Bertz CT molecular complexity index is 347. The standard InChI is InChI=1S/2C9H16N.2CHNS.Zn/c2*1-2-6-9-8(4-1)5-3-7-10-9;2*2-1-3;/h2*8-9H,1-7H2;2*3H;/q2*-1;;;/p-2. The van der Waals surface area contributed by atoms with Crippen molar-refractivity contribution in [2.24, 2.45) is 11.8 Å². The Morgan fingerprint density at radius 2 is 0.889 bits per heavy atom. The maximum absolute atomic E-state index is 7.13. The zero-order valence-corrected chi connectivity index (χ0v) is 21.1. The summed E-state index contributed by atoms with van der Waals surface area (Å²) in [5.74, 6) is 1.98. The van der Waals surface area contributed by atoms with Gasteiger partial charge in [-0.15, -0.1) is 25.2 Å². The van der Waals surface area contributed by atoms with Crippen LogP contribution in [-0.4, -0.2) is 25.2 Å². The molecule has 7 heteroatoms. The third kappa shape index (κ3) is 11.5. The van der Waals surface area contributed by atoms with Crippen molar-refractivity contribution < 1.29 is 19.5 Å². The number of hydrogen-bond donors (Lipinski definition) is 0. The molecule has 2 aliphatic heterocycles. The molecule has 0 aromatic carbocycles. The van der Waals surface area contributed by atoms with E-state index in [1.54, 1.807) is 0 Å². The molecule has 4 rings (SSSR count). The molecule has 0 spiro atoms. The Morgan fingerprint density at radius 1 is 0.593 bits per heavy atom. The minimum absolute atomic E-state index is 0. The normalized spacial score (nSPS) is 30.7. The first-order valence-corrected chi connectivity index (χ1v) is 10.9. The zero-order chi connectivity index (χ0) is 19.0. The molecule has 27 heavy (non-hydrogen) atoms. The first kappa shape index (κ1) is 27.0. The fourth-order valence-electron chi connectivity index (χ4n) is 4.75. The van der Waals surface area contributed by atoms with E-state index in [1.807, 2.05) is 0 Å². The van der Waals surface area contributed by atoms with E-state index in [9.17, 15) is 0 Å². The second kappa shape index (κ2) is 18.0. The molecule has 2 heterocycles. The topological polar surface area (TPSA) is 75.8 Å². The van der Waals surface area contributed by atoms with Gasteiger partial charge in [-0.05, 0) is 0 Å². The van der Waals surface area contributed by atoms with E-state index >= 15 is 0 Å². The number of thiocyanates is 2. The first-order valence-electron chi connectivity index (χ1n) is 10.1. The summed E-state index contributed by atoms with van der Waals surface area (Å²) in [6, 6.07) is 1.56. The van der Waals surface area contributed by atoms with Crippen molar-refractivity contribution in [3.8, 4) is 10.8 Å². The number of nitriles is 2. The van der Waals surface area contributed by atoms with Crippen LogP contribution in [0.15, 0.2) is 0 Å². The van der Waals surface area contributed by atoms with Gasteiger partial charge >= 0.3 is 0 Å². The largest absolute Gasteiger partial charge is 0.696 e. The van der Waals surface area contributed by atoms with Gasteiger partial charge in [0.05, 0.1) is 0 Å². The predicted molar refractivity (Wildman–Crippen MR) is 112 cm³/mol. The number of nitrogens with zero attached hydrogens (tertiary/aromatic N) is 4. The quantitative estimate of drug-likeness (QED) is 0.275. The second-order valence-electron chi connectivity index (χ2n) is 7.50. The average Bonchev–Trinajstić information content (AvgIpc) is 2.70. The number of rotatable bonds is 0. The first-order chi connectivity index (χ1) is 12.8. The van der Waals surface area contributed by atoms with Crippen LogP contribution in [-0.2, 0) is 44.7 Å². The number of hydrogen-bond acceptors (Lipinski definition) is 4. The van der Waals surface area contributed by atoms with Crippen molar-refractivity contribution in [1.82, 2.24) is 0 Å². The van der Waals surface area contributed by atoms with Gasteiger partial charge in [0.2, 0.25) is 0 Å². The smallest absolute Gasteiger partial charge is 0 e. The summed E-state index contributed by atoms with van der Waals surface area (Å²) in [5, 5.41) is 26.2. The summed E-state index contributed by atoms with van der Waals surface area (Å²) in [5.41, 5.74) is 0. The van der Waals surface area contributed by atoms with Gasteiger partial charge in [0.25, 0.3) is 0 Å². The van der Waals surface area contributed by atoms with Crippen molar-refractivity contribution in [2.75, 3.05) is 13.1 Å². The van der Waals surface area contributed by atoms with Gasteiger partial charge < -0.3 is 35.9 Å². The van der Waals surface area contributed by atoms with E-state index in [0.29, 0.717) is 0 Å². The molecule has 2 aliphatic carbocycles. The van der Waals surface area contributed by atoms with Crippen LogP contribution in [0, 0.1) is 33.2 Å². The third-order valence-corrected chi connectivity index (χ3v) is 5.93. The molecule has 0 bridgehead atoms. The molecule has 4 nitrogen and oxygen atoms in total. The molecule has 0 amide bonds. The van der Waals surface area contributed by atoms with Gasteiger partial charge in [0.1, 0.15) is 0 Å². The fraction of sp³-hybridized carbons (Fsp3) is 0.900. The molecule has 4 atom stereocenters. The van der Waals surface area contributed by atoms with Gasteiger partial charge in [0.15, 0.2) is 0 Å². The Labute approximate surface area is 190 Å². The van der Waals surface area contributed by atoms with Gasteiger partial charge in [-0.25, -0.2) is 10.5 Å². The minimum atomic E-state index is 0. The zero-order valence-electron chi connectivity index (χ0n) is 16.5. The summed E-state index contributed by atoms with van der Waals surface area (Å²) in [6.45, 7) is 2.31. The molecule has 0 aromatic heterocycles. The maximum Gasteiger partial charge on any atom is 0 e. The molecule has 2 saturated heterocycles. The minimum Gasteiger partial charge on any atom is -0.696 e. The molecule has 0 radical (unpaired) electrons. The second-order valence-corrected chi connectivity index (χ2v) is 7.87. The van der Waals surface area contributed by atoms with E-state index in [2.05, 4.69) is 35.9 Å². The molecular weight excluding hydrogens is 426 g/mol. The van der Waals surface area contributed by atoms with Crippen molar-refractivity contribution in [3.63, 3.8) is 0 Å². The number of fused-ring (bicyclic) bond motifs is 2. The van der Waals surface area contributed by atoms with E-state index in [1.165, 1.54) is 87.9 Å². The van der Waals surface area contributed by atoms with Crippen LogP contribution in [0.2, 0.25) is 0 Å². The van der Waals surface area contributed by atoms with E-state index in [4.69, 9.17) is 10.5 Å². The maximum atomic E-state index is 7.13. The summed E-state index contributed by atoms with van der Waals surface area (Å²) < 4.78 is 0. The SMILES string of the molecule is C1CCC2[N-]CCCC2C1.C1CCC2[N-]CCCC2C1.N#C[S-].N#C[S-].[Zn]. The number of piperidine rings is 2. The molecule has 4 fully saturated rings. The third-order valence-electron chi connectivity index (χ3n) is 5.93. The predicted octanol–water partition coefficient (Wildman–Crippen LogP) is 5.45. The summed E-state index contributed by atoms with van der Waals surface area (Å²) in [6.07, 6.45) is 17.2. The van der Waals surface area contributed by atoms with Gasteiger partial charge in [-0.3, -0.25) is 0 Å². The average molecular weight is 458 g/mol. The van der Waals surface area contributed by atoms with E-state index < -0.39 is 0 Å². The van der Waals surface area contributed by atoms with E-state index in [0.717, 1.165) is 37.0 Å². The summed E-state index contributed by atoms with van der Waals surface area (Å²) in [4.78, 5) is 0. The molecule has 2 saturated carbocycles. The van der Waals surface area contributed by atoms with Crippen molar-refractivity contribution in [3.05, 3.63) is 10.6 Å².